The number of ether oxygens (including phenoxy) is 12. The van der Waals surface area contributed by atoms with Crippen LogP contribution in [-0.4, -0.2) is 104 Å². The van der Waals surface area contributed by atoms with Crippen molar-refractivity contribution in [3.05, 3.63) is 141 Å². The molecule has 6 heterocycles. The zero-order valence-corrected chi connectivity index (χ0v) is 45.0. The van der Waals surface area contributed by atoms with Crippen molar-refractivity contribution in [1.29, 1.82) is 0 Å². The Hall–Kier alpha value is -9.09. The van der Waals surface area contributed by atoms with Crippen LogP contribution in [0.4, 0.5) is 0 Å². The Morgan fingerprint density at radius 2 is 0.585 bits per heavy atom. The van der Waals surface area contributed by atoms with Crippen LogP contribution < -0.4 is 0 Å². The largest absolute Gasteiger partial charge is 0.480 e. The molecule has 10 aliphatic rings. The summed E-state index contributed by atoms with van der Waals surface area (Å²) in [4.78, 5) is 117. The molecule has 0 amide bonds. The lowest BCUT2D eigenvalue weighted by Crippen LogP contribution is -2.56. The third-order valence-electron chi connectivity index (χ3n) is 15.4. The number of rotatable bonds is 11. The molecular weight excluding hydrogens is 1080 g/mol. The van der Waals surface area contributed by atoms with E-state index in [4.69, 9.17) is 56.8 Å². The molecule has 3 saturated heterocycles. The number of esters is 9. The topological polar surface area (TPSA) is 325 Å². The fraction of sp³-hybridized carbons (Fsp3) is 0.431. The second kappa shape index (κ2) is 20.8. The molecule has 3 N–H and O–H groups in total. The van der Waals surface area contributed by atoms with Crippen molar-refractivity contribution in [2.75, 3.05) is 0 Å². The van der Waals surface area contributed by atoms with Crippen LogP contribution in [0.1, 0.15) is 112 Å². The number of carbonyl (C=O) groups excluding carboxylic acids is 9. The number of aliphatic hydroxyl groups excluding tert-OH is 3. The molecule has 24 nitrogen and oxygen atoms in total. The van der Waals surface area contributed by atoms with Gasteiger partial charge in [0.25, 0.3) is 52.6 Å². The predicted octanol–water partition coefficient (Wildman–Crippen LogP) is 6.79. The normalized spacial score (nSPS) is 33.0. The first kappa shape index (κ1) is 56.2. The van der Waals surface area contributed by atoms with Crippen molar-refractivity contribution in [2.45, 2.75) is 146 Å². The van der Waals surface area contributed by atoms with Gasteiger partial charge < -0.3 is 72.2 Å². The Morgan fingerprint density at radius 3 is 0.829 bits per heavy atom. The van der Waals surface area contributed by atoms with Crippen LogP contribution in [0.5, 0.6) is 0 Å². The van der Waals surface area contributed by atoms with Crippen molar-refractivity contribution in [1.82, 2.24) is 0 Å². The molecular formula is C58H56O24. The van der Waals surface area contributed by atoms with E-state index in [0.717, 1.165) is 31.8 Å². The summed E-state index contributed by atoms with van der Waals surface area (Å²) in [6.45, 7) is 7.93. The lowest BCUT2D eigenvalue weighted by Gasteiger charge is -2.46. The third kappa shape index (κ3) is 11.3. The number of cyclic esters (lactones) is 2. The van der Waals surface area contributed by atoms with Crippen LogP contribution in [0.3, 0.4) is 0 Å². The molecule has 82 heavy (non-hydrogen) atoms. The maximum Gasteiger partial charge on any atom is 0.348 e. The maximum atomic E-state index is 13.3. The minimum Gasteiger partial charge on any atom is -0.480 e. The van der Waals surface area contributed by atoms with Gasteiger partial charge in [-0.1, -0.05) is 53.2 Å². The molecule has 7 fully saturated rings. The van der Waals surface area contributed by atoms with Gasteiger partial charge in [0.1, 0.15) is 33.4 Å². The minimum absolute atomic E-state index is 0.0119. The highest BCUT2D eigenvalue weighted by Gasteiger charge is 2.59. The standard InChI is InChI=1S/C58H56O24/c1-30(6-16-35-41(59)71-53(4,33-12-13-33)72-42(35)60)8-18-37-45(63)75-55(76-46(37)64)22-26-57(27-23-55)79-49(67)39(50(68)80-57)20-10-32(3)11-21-40-51(69)81-58(82-52(40)70)28-24-56(25-29-58)77-47(65)38(48(66)78-56)19-9-31(2)7-17-36-43(61)73-54(5,34-14-15-34)74-44(36)62/h6-11,16-21,33-34,59,61,67H,12-15,22-29H2,1-5H3/b16-6+,17-7+,20-10+,30-8+,31-9+,32-11+,37-18?,38-19?,40-21?. The van der Waals surface area contributed by atoms with Crippen molar-refractivity contribution < 1.29 is 115 Å². The summed E-state index contributed by atoms with van der Waals surface area (Å²) in [6.07, 6.45) is 17.3. The zero-order chi connectivity index (χ0) is 58.7. The van der Waals surface area contributed by atoms with E-state index in [1.807, 2.05) is 0 Å². The van der Waals surface area contributed by atoms with Crippen LogP contribution in [0.25, 0.3) is 0 Å². The van der Waals surface area contributed by atoms with E-state index in [2.05, 4.69) is 0 Å². The van der Waals surface area contributed by atoms with E-state index in [1.54, 1.807) is 34.6 Å². The van der Waals surface area contributed by atoms with Gasteiger partial charge in [0.05, 0.1) is 0 Å². The summed E-state index contributed by atoms with van der Waals surface area (Å²) < 4.78 is 66.7. The van der Waals surface area contributed by atoms with Crippen molar-refractivity contribution in [3.63, 3.8) is 0 Å². The van der Waals surface area contributed by atoms with E-state index in [1.165, 1.54) is 66.8 Å². The summed E-state index contributed by atoms with van der Waals surface area (Å²) in [6, 6.07) is 0. The average molecular weight is 1140 g/mol. The first-order valence-corrected chi connectivity index (χ1v) is 26.4. The summed E-state index contributed by atoms with van der Waals surface area (Å²) in [5.41, 5.74) is -0.872. The van der Waals surface area contributed by atoms with Gasteiger partial charge >= 0.3 is 53.7 Å². The SMILES string of the molecule is CC(/C=C/C1=C(O)OC2(CCC3(CC2)OC(=O)C(=C/C=C(C)/C=C/C2=C(O)OC(C)(C4CC4)OC2=O)C(=O)O3)OC1=O)=C\C=C1C(=O)OC2(CCC3(CC2)OC(=O)C(=C/C=C(C)/C=C/C2=C(O)OC(C)(C4CC4)OC2=O)C(=O)O3)OC1=O. The molecule has 0 aromatic carbocycles. The first-order valence-electron chi connectivity index (χ1n) is 26.4. The van der Waals surface area contributed by atoms with Crippen LogP contribution >= 0.6 is 0 Å². The monoisotopic (exact) mass is 1140 g/mol. The molecule has 432 valence electrons. The molecule has 4 saturated carbocycles. The number of hydrogen-bond acceptors (Lipinski definition) is 24. The first-order chi connectivity index (χ1) is 38.7. The van der Waals surface area contributed by atoms with E-state index in [9.17, 15) is 58.5 Å². The fourth-order valence-corrected chi connectivity index (χ4v) is 10.1. The van der Waals surface area contributed by atoms with Gasteiger partial charge in [-0.15, -0.1) is 0 Å². The molecule has 0 bridgehead atoms. The highest BCUT2D eigenvalue weighted by atomic mass is 16.8. The van der Waals surface area contributed by atoms with Gasteiger partial charge in [0, 0.05) is 77.0 Å². The number of carbonyl (C=O) groups is 9. The van der Waals surface area contributed by atoms with Crippen molar-refractivity contribution >= 4 is 53.7 Å². The molecule has 0 aromatic rings. The Morgan fingerprint density at radius 1 is 0.354 bits per heavy atom. The van der Waals surface area contributed by atoms with Crippen LogP contribution in [0.15, 0.2) is 141 Å². The lowest BCUT2D eigenvalue weighted by molar-refractivity contribution is -0.297. The molecule has 4 aliphatic carbocycles. The van der Waals surface area contributed by atoms with Crippen molar-refractivity contribution in [3.8, 4) is 0 Å². The van der Waals surface area contributed by atoms with Gasteiger partial charge in [0.15, 0.2) is 0 Å². The van der Waals surface area contributed by atoms with E-state index in [0.29, 0.717) is 16.7 Å². The minimum atomic E-state index is -1.76. The molecule has 2 unspecified atom stereocenters. The summed E-state index contributed by atoms with van der Waals surface area (Å²) >= 11 is 0. The maximum absolute atomic E-state index is 13.3. The highest BCUT2D eigenvalue weighted by molar-refractivity contribution is 6.17. The summed E-state index contributed by atoms with van der Waals surface area (Å²) in [5.74, 6) is -19.9. The second-order valence-electron chi connectivity index (χ2n) is 21.7. The smallest absolute Gasteiger partial charge is 0.348 e. The zero-order valence-electron chi connectivity index (χ0n) is 45.0. The third-order valence-corrected chi connectivity index (χ3v) is 15.4. The van der Waals surface area contributed by atoms with E-state index >= 15 is 0 Å². The average Bonchev–Trinajstić information content (AvgIpc) is 4.38. The Labute approximate surface area is 466 Å². The molecule has 2 atom stereocenters. The van der Waals surface area contributed by atoms with Gasteiger partial charge in [-0.2, -0.15) is 0 Å². The summed E-state index contributed by atoms with van der Waals surface area (Å²) in [7, 11) is 0. The van der Waals surface area contributed by atoms with Crippen LogP contribution in [0, 0.1) is 11.8 Å². The summed E-state index contributed by atoms with van der Waals surface area (Å²) in [5, 5.41) is 31.6. The van der Waals surface area contributed by atoms with Crippen molar-refractivity contribution in [2.24, 2.45) is 11.8 Å². The van der Waals surface area contributed by atoms with Gasteiger partial charge in [-0.05, 0) is 82.9 Å². The fourth-order valence-electron chi connectivity index (χ4n) is 10.1. The molecule has 0 radical (unpaired) electrons. The van der Waals surface area contributed by atoms with Crippen LogP contribution in [0.2, 0.25) is 0 Å². The van der Waals surface area contributed by atoms with E-state index in [-0.39, 0.29) is 79.9 Å². The quantitative estimate of drug-likeness (QED) is 0.0630. The number of hydrogen-bond donors (Lipinski definition) is 3. The number of aliphatic hydroxyl groups is 3. The van der Waals surface area contributed by atoms with Gasteiger partial charge in [0.2, 0.25) is 0 Å². The molecule has 24 heteroatoms. The highest BCUT2D eigenvalue weighted by Crippen LogP contribution is 2.49. The van der Waals surface area contributed by atoms with Gasteiger partial charge in [-0.3, -0.25) is 0 Å². The molecule has 6 aliphatic heterocycles. The molecule has 4 spiro atoms. The lowest BCUT2D eigenvalue weighted by atomic mass is 9.87. The van der Waals surface area contributed by atoms with E-state index < -0.39 is 123 Å². The molecule has 0 aromatic heterocycles. The Kier molecular flexibility index (Phi) is 14.2. The predicted molar refractivity (Wildman–Crippen MR) is 270 cm³/mol. The van der Waals surface area contributed by atoms with Crippen LogP contribution in [-0.2, 0) is 100.0 Å². The van der Waals surface area contributed by atoms with Gasteiger partial charge in [-0.25, -0.2) is 43.2 Å². The Balaban J connectivity index is 0.688. The molecule has 10 rings (SSSR count). The number of allylic oxidation sites excluding steroid dienone is 12. The second-order valence-corrected chi connectivity index (χ2v) is 21.7. The Bertz CT molecular complexity index is 3220.